The first-order chi connectivity index (χ1) is 15.1. The summed E-state index contributed by atoms with van der Waals surface area (Å²) in [7, 11) is 0. The van der Waals surface area contributed by atoms with E-state index in [2.05, 4.69) is 5.32 Å². The topological polar surface area (TPSA) is 83.1 Å². The van der Waals surface area contributed by atoms with Gasteiger partial charge in [0.05, 0.1) is 19.3 Å². The number of ether oxygens (including phenoxy) is 4. The molecule has 2 aromatic carbocycles. The fourth-order valence-corrected chi connectivity index (χ4v) is 3.95. The van der Waals surface area contributed by atoms with E-state index in [0.29, 0.717) is 13.0 Å². The maximum absolute atomic E-state index is 12.7. The molecule has 2 aliphatic heterocycles. The summed E-state index contributed by atoms with van der Waals surface area (Å²) in [6, 6.07) is 18.9. The van der Waals surface area contributed by atoms with Gasteiger partial charge in [-0.1, -0.05) is 60.7 Å². The highest BCUT2D eigenvalue weighted by Gasteiger charge is 2.48. The molecule has 2 aliphatic rings. The number of amides is 1. The molecule has 0 aromatic heterocycles. The Morgan fingerprint density at radius 2 is 1.71 bits per heavy atom. The average Bonchev–Trinajstić information content (AvgIpc) is 2.80. The number of rotatable bonds is 6. The van der Waals surface area contributed by atoms with Crippen molar-refractivity contribution in [1.29, 1.82) is 0 Å². The third-order valence-corrected chi connectivity index (χ3v) is 5.46. The van der Waals surface area contributed by atoms with Crippen molar-refractivity contribution in [3.63, 3.8) is 0 Å². The van der Waals surface area contributed by atoms with Gasteiger partial charge in [-0.3, -0.25) is 9.59 Å². The lowest BCUT2D eigenvalue weighted by molar-refractivity contribution is -0.304. The molecule has 7 heteroatoms. The van der Waals surface area contributed by atoms with Crippen LogP contribution in [0.25, 0.3) is 0 Å². The molecule has 0 spiro atoms. The molecular weight excluding hydrogens is 398 g/mol. The third-order valence-electron chi connectivity index (χ3n) is 5.46. The van der Waals surface area contributed by atoms with Crippen LogP contribution in [0.1, 0.15) is 30.8 Å². The van der Waals surface area contributed by atoms with Gasteiger partial charge in [0.25, 0.3) is 0 Å². The minimum atomic E-state index is -0.666. The van der Waals surface area contributed by atoms with E-state index in [4.69, 9.17) is 18.9 Å². The molecular formula is C24H27NO6. The van der Waals surface area contributed by atoms with Crippen LogP contribution in [0.4, 0.5) is 0 Å². The van der Waals surface area contributed by atoms with Crippen LogP contribution in [0.5, 0.6) is 0 Å². The van der Waals surface area contributed by atoms with Gasteiger partial charge in [-0.2, -0.15) is 0 Å². The Hall–Kier alpha value is -2.74. The first-order valence-corrected chi connectivity index (χ1v) is 10.5. The van der Waals surface area contributed by atoms with Gasteiger partial charge in [-0.05, 0) is 12.0 Å². The van der Waals surface area contributed by atoms with E-state index in [1.54, 1.807) is 0 Å². The fraction of sp³-hybridized carbons (Fsp3) is 0.417. The van der Waals surface area contributed by atoms with E-state index in [0.717, 1.165) is 11.1 Å². The second kappa shape index (κ2) is 10.0. The Balaban J connectivity index is 1.47. The molecule has 0 aliphatic carbocycles. The predicted molar refractivity (Wildman–Crippen MR) is 112 cm³/mol. The largest absolute Gasteiger partial charge is 0.457 e. The van der Waals surface area contributed by atoms with Gasteiger partial charge in [0.15, 0.2) is 12.4 Å². The first kappa shape index (κ1) is 21.5. The van der Waals surface area contributed by atoms with Crippen LogP contribution in [0, 0.1) is 0 Å². The molecule has 164 valence electrons. The summed E-state index contributed by atoms with van der Waals surface area (Å²) in [5, 5.41) is 2.84. The Bertz CT molecular complexity index is 874. The number of carbonyl (C=O) groups excluding carboxylic acids is 2. The van der Waals surface area contributed by atoms with Crippen molar-refractivity contribution in [3.05, 3.63) is 71.8 Å². The lowest BCUT2D eigenvalue weighted by Gasteiger charge is -2.46. The third kappa shape index (κ3) is 5.50. The molecule has 0 radical (unpaired) electrons. The van der Waals surface area contributed by atoms with Crippen molar-refractivity contribution in [1.82, 2.24) is 5.32 Å². The SMILES string of the molecule is CC(=O)N[C@H]1CO[C@@H]2COC(c3ccccc3)O[C@H]2[C@@H]1OC(=O)CCc1ccccc1. The number of carbonyl (C=O) groups is 2. The quantitative estimate of drug-likeness (QED) is 0.717. The molecule has 2 saturated heterocycles. The summed E-state index contributed by atoms with van der Waals surface area (Å²) in [5.74, 6) is -0.555. The van der Waals surface area contributed by atoms with E-state index in [1.165, 1.54) is 6.92 Å². The van der Waals surface area contributed by atoms with E-state index in [1.807, 2.05) is 60.7 Å². The normalized spacial score (nSPS) is 27.7. The van der Waals surface area contributed by atoms with Crippen molar-refractivity contribution in [3.8, 4) is 0 Å². The van der Waals surface area contributed by atoms with Crippen molar-refractivity contribution < 1.29 is 28.5 Å². The summed E-state index contributed by atoms with van der Waals surface area (Å²) in [4.78, 5) is 24.4. The lowest BCUT2D eigenvalue weighted by atomic mass is 9.96. The van der Waals surface area contributed by atoms with Crippen LogP contribution in [-0.2, 0) is 35.0 Å². The second-order valence-corrected chi connectivity index (χ2v) is 7.80. The van der Waals surface area contributed by atoms with Crippen LogP contribution >= 0.6 is 0 Å². The van der Waals surface area contributed by atoms with E-state index in [9.17, 15) is 9.59 Å². The van der Waals surface area contributed by atoms with Crippen molar-refractivity contribution in [2.45, 2.75) is 50.4 Å². The highest BCUT2D eigenvalue weighted by molar-refractivity contribution is 5.73. The van der Waals surface area contributed by atoms with Crippen LogP contribution in [0.2, 0.25) is 0 Å². The number of aryl methyl sites for hydroxylation is 1. The van der Waals surface area contributed by atoms with Crippen LogP contribution in [-0.4, -0.2) is 49.4 Å². The number of nitrogens with one attached hydrogen (secondary N) is 1. The zero-order valence-corrected chi connectivity index (χ0v) is 17.4. The molecule has 7 nitrogen and oxygen atoms in total. The Labute approximate surface area is 181 Å². The Kier molecular flexibility index (Phi) is 6.96. The van der Waals surface area contributed by atoms with E-state index in [-0.39, 0.29) is 31.0 Å². The standard InChI is InChI=1S/C24H27NO6/c1-16(26)25-19-14-28-20-15-29-24(18-10-6-3-7-11-18)31-23(20)22(19)30-21(27)13-12-17-8-4-2-5-9-17/h2-11,19-20,22-24H,12-15H2,1H3,(H,25,26)/t19-,20+,22+,23+,24?/m0/s1. The van der Waals surface area contributed by atoms with Crippen LogP contribution in [0.3, 0.4) is 0 Å². The first-order valence-electron chi connectivity index (χ1n) is 10.5. The molecule has 2 aromatic rings. The van der Waals surface area contributed by atoms with Crippen molar-refractivity contribution in [2.24, 2.45) is 0 Å². The minimum absolute atomic E-state index is 0.218. The molecule has 5 atom stereocenters. The molecule has 1 amide bonds. The fourth-order valence-electron chi connectivity index (χ4n) is 3.95. The van der Waals surface area contributed by atoms with Gasteiger partial charge >= 0.3 is 5.97 Å². The Morgan fingerprint density at radius 1 is 1.00 bits per heavy atom. The predicted octanol–water partition coefficient (Wildman–Crippen LogP) is 2.55. The number of hydrogen-bond donors (Lipinski definition) is 1. The monoisotopic (exact) mass is 425 g/mol. The maximum Gasteiger partial charge on any atom is 0.306 e. The van der Waals surface area contributed by atoms with Crippen molar-refractivity contribution in [2.75, 3.05) is 13.2 Å². The molecule has 2 heterocycles. The van der Waals surface area contributed by atoms with Crippen LogP contribution in [0.15, 0.2) is 60.7 Å². The maximum atomic E-state index is 12.7. The smallest absolute Gasteiger partial charge is 0.306 e. The van der Waals surface area contributed by atoms with Gasteiger partial charge in [-0.25, -0.2) is 0 Å². The summed E-state index contributed by atoms with van der Waals surface area (Å²) < 4.78 is 23.8. The van der Waals surface area contributed by atoms with E-state index < -0.39 is 24.5 Å². The number of benzene rings is 2. The van der Waals surface area contributed by atoms with Gasteiger partial charge in [-0.15, -0.1) is 0 Å². The molecule has 1 unspecified atom stereocenters. The molecule has 4 rings (SSSR count). The lowest BCUT2D eigenvalue weighted by Crippen LogP contribution is -2.63. The average molecular weight is 425 g/mol. The highest BCUT2D eigenvalue weighted by atomic mass is 16.7. The Morgan fingerprint density at radius 3 is 2.42 bits per heavy atom. The molecule has 2 fully saturated rings. The van der Waals surface area contributed by atoms with E-state index >= 15 is 0 Å². The second-order valence-electron chi connectivity index (χ2n) is 7.80. The van der Waals surface area contributed by atoms with Crippen molar-refractivity contribution >= 4 is 11.9 Å². The molecule has 31 heavy (non-hydrogen) atoms. The number of fused-ring (bicyclic) bond motifs is 1. The summed E-state index contributed by atoms with van der Waals surface area (Å²) in [6.07, 6.45) is -1.36. The van der Waals surface area contributed by atoms with Gasteiger partial charge in [0, 0.05) is 18.9 Å². The summed E-state index contributed by atoms with van der Waals surface area (Å²) in [6.45, 7) is 1.97. The molecule has 0 saturated carbocycles. The van der Waals surface area contributed by atoms with Gasteiger partial charge in [0.1, 0.15) is 12.2 Å². The zero-order chi connectivity index (χ0) is 21.6. The molecule has 1 N–H and O–H groups in total. The summed E-state index contributed by atoms with van der Waals surface area (Å²) >= 11 is 0. The number of hydrogen-bond acceptors (Lipinski definition) is 6. The summed E-state index contributed by atoms with van der Waals surface area (Å²) in [5.41, 5.74) is 1.94. The number of esters is 1. The zero-order valence-electron chi connectivity index (χ0n) is 17.4. The minimum Gasteiger partial charge on any atom is -0.457 e. The molecule has 0 bridgehead atoms. The van der Waals surface area contributed by atoms with Gasteiger partial charge in [0.2, 0.25) is 5.91 Å². The van der Waals surface area contributed by atoms with Gasteiger partial charge < -0.3 is 24.3 Å². The van der Waals surface area contributed by atoms with Crippen LogP contribution < -0.4 is 5.32 Å². The highest BCUT2D eigenvalue weighted by Crippen LogP contribution is 2.33.